The van der Waals surface area contributed by atoms with E-state index in [1.54, 1.807) is 11.0 Å². The molecule has 3 heterocycles. The first-order valence-corrected chi connectivity index (χ1v) is 12.9. The first kappa shape index (κ1) is 24.2. The van der Waals surface area contributed by atoms with E-state index in [1.165, 1.54) is 0 Å². The normalized spacial score (nSPS) is 22.8. The lowest BCUT2D eigenvalue weighted by atomic mass is 9.87. The van der Waals surface area contributed by atoms with Gasteiger partial charge in [-0.1, -0.05) is 32.0 Å². The summed E-state index contributed by atoms with van der Waals surface area (Å²) in [6.45, 7) is 5.17. The molecule has 0 aliphatic carbocycles. The van der Waals surface area contributed by atoms with Crippen molar-refractivity contribution in [3.8, 4) is 11.5 Å². The van der Waals surface area contributed by atoms with Crippen molar-refractivity contribution in [3.05, 3.63) is 59.2 Å². The number of benzene rings is 2. The van der Waals surface area contributed by atoms with Crippen LogP contribution in [0.2, 0.25) is 0 Å². The SMILES string of the molecule is CCC1(CC)CC(=O)N([C@@H]2CCOc3ccc(C(=O)NC4CCCOc5ccccc54)cc32)C(N)=N1. The van der Waals surface area contributed by atoms with Crippen LogP contribution in [0.1, 0.15) is 85.9 Å². The summed E-state index contributed by atoms with van der Waals surface area (Å²) in [7, 11) is 0. The number of nitrogens with one attached hydrogen (secondary N) is 1. The van der Waals surface area contributed by atoms with Crippen molar-refractivity contribution in [1.29, 1.82) is 0 Å². The molecule has 0 radical (unpaired) electrons. The van der Waals surface area contributed by atoms with E-state index in [-0.39, 0.29) is 29.9 Å². The average molecular weight is 491 g/mol. The summed E-state index contributed by atoms with van der Waals surface area (Å²) in [4.78, 5) is 33.1. The molecular formula is C28H34N4O4. The van der Waals surface area contributed by atoms with Gasteiger partial charge in [-0.05, 0) is 49.9 Å². The fourth-order valence-electron chi connectivity index (χ4n) is 5.52. The van der Waals surface area contributed by atoms with Crippen molar-refractivity contribution in [3.63, 3.8) is 0 Å². The van der Waals surface area contributed by atoms with E-state index < -0.39 is 5.54 Å². The van der Waals surface area contributed by atoms with Crippen molar-refractivity contribution in [2.24, 2.45) is 10.7 Å². The fraction of sp³-hybridized carbons (Fsp3) is 0.464. The lowest BCUT2D eigenvalue weighted by molar-refractivity contribution is -0.132. The number of guanidine groups is 1. The summed E-state index contributed by atoms with van der Waals surface area (Å²) >= 11 is 0. The maximum absolute atomic E-state index is 13.4. The predicted molar refractivity (Wildman–Crippen MR) is 137 cm³/mol. The van der Waals surface area contributed by atoms with Gasteiger partial charge in [-0.15, -0.1) is 0 Å². The molecule has 8 heteroatoms. The van der Waals surface area contributed by atoms with Crippen LogP contribution in [0.15, 0.2) is 47.5 Å². The minimum absolute atomic E-state index is 0.0334. The monoisotopic (exact) mass is 490 g/mol. The Morgan fingerprint density at radius 3 is 2.61 bits per heavy atom. The molecule has 3 N–H and O–H groups in total. The van der Waals surface area contributed by atoms with Gasteiger partial charge in [0.25, 0.3) is 5.91 Å². The molecule has 2 amide bonds. The number of ether oxygens (including phenoxy) is 2. The zero-order valence-corrected chi connectivity index (χ0v) is 21.0. The minimum Gasteiger partial charge on any atom is -0.493 e. The number of carbonyl (C=O) groups excluding carboxylic acids is 2. The molecular weight excluding hydrogens is 456 g/mol. The number of nitrogens with zero attached hydrogens (tertiary/aromatic N) is 2. The van der Waals surface area contributed by atoms with Crippen molar-refractivity contribution in [2.45, 2.75) is 70.0 Å². The van der Waals surface area contributed by atoms with Crippen LogP contribution < -0.4 is 20.5 Å². The third-order valence-electron chi connectivity index (χ3n) is 7.75. The predicted octanol–water partition coefficient (Wildman–Crippen LogP) is 4.26. The van der Waals surface area contributed by atoms with Gasteiger partial charge in [0.2, 0.25) is 5.91 Å². The van der Waals surface area contributed by atoms with Crippen LogP contribution in [0.25, 0.3) is 0 Å². The average Bonchev–Trinajstić information content (AvgIpc) is 3.10. The molecule has 3 aliphatic heterocycles. The lowest BCUT2D eigenvalue weighted by Gasteiger charge is -2.41. The number of para-hydroxylation sites is 1. The van der Waals surface area contributed by atoms with E-state index >= 15 is 0 Å². The first-order valence-electron chi connectivity index (χ1n) is 12.9. The van der Waals surface area contributed by atoms with Gasteiger partial charge in [0.1, 0.15) is 11.5 Å². The second-order valence-corrected chi connectivity index (χ2v) is 9.80. The first-order chi connectivity index (χ1) is 17.4. The Labute approximate surface area is 211 Å². The van der Waals surface area contributed by atoms with E-state index in [0.29, 0.717) is 37.4 Å². The summed E-state index contributed by atoms with van der Waals surface area (Å²) < 4.78 is 11.7. The van der Waals surface area contributed by atoms with E-state index in [1.807, 2.05) is 50.2 Å². The van der Waals surface area contributed by atoms with Crippen LogP contribution >= 0.6 is 0 Å². The highest BCUT2D eigenvalue weighted by Crippen LogP contribution is 2.40. The largest absolute Gasteiger partial charge is 0.493 e. The van der Waals surface area contributed by atoms with Crippen LogP contribution in [-0.4, -0.2) is 41.4 Å². The molecule has 0 aromatic heterocycles. The van der Waals surface area contributed by atoms with Gasteiger partial charge >= 0.3 is 0 Å². The second-order valence-electron chi connectivity index (χ2n) is 9.80. The zero-order chi connectivity index (χ0) is 25.3. The number of amides is 2. The van der Waals surface area contributed by atoms with Gasteiger partial charge in [0, 0.05) is 23.1 Å². The highest BCUT2D eigenvalue weighted by molar-refractivity contribution is 6.00. The van der Waals surface area contributed by atoms with E-state index in [2.05, 4.69) is 5.32 Å². The quantitative estimate of drug-likeness (QED) is 0.651. The van der Waals surface area contributed by atoms with Crippen molar-refractivity contribution < 1.29 is 19.1 Å². The van der Waals surface area contributed by atoms with E-state index in [4.69, 9.17) is 20.2 Å². The molecule has 0 fully saturated rings. The minimum atomic E-state index is -0.438. The molecule has 0 saturated carbocycles. The number of hydrogen-bond acceptors (Lipinski definition) is 6. The van der Waals surface area contributed by atoms with Crippen molar-refractivity contribution in [2.75, 3.05) is 13.2 Å². The number of fused-ring (bicyclic) bond motifs is 2. The summed E-state index contributed by atoms with van der Waals surface area (Å²) in [6.07, 6.45) is 4.08. The molecule has 8 nitrogen and oxygen atoms in total. The summed E-state index contributed by atoms with van der Waals surface area (Å²) in [5.41, 5.74) is 8.24. The van der Waals surface area contributed by atoms with Gasteiger partial charge in [0.05, 0.1) is 37.3 Å². The van der Waals surface area contributed by atoms with Crippen LogP contribution in [0.5, 0.6) is 11.5 Å². The molecule has 2 aromatic carbocycles. The Bertz CT molecular complexity index is 1190. The molecule has 2 aromatic rings. The van der Waals surface area contributed by atoms with Gasteiger partial charge < -0.3 is 20.5 Å². The van der Waals surface area contributed by atoms with Gasteiger partial charge in [-0.3, -0.25) is 14.5 Å². The lowest BCUT2D eigenvalue weighted by Crippen LogP contribution is -2.53. The van der Waals surface area contributed by atoms with Crippen molar-refractivity contribution >= 4 is 17.8 Å². The fourth-order valence-corrected chi connectivity index (χ4v) is 5.52. The standard InChI is InChI=1S/C28H34N4O4/c1-3-28(4-2)17-25(33)32(27(29)31-28)22-13-15-36-24-12-11-18(16-20(22)24)26(34)30-21-9-7-14-35-23-10-6-5-8-19(21)23/h5-6,8,10-12,16,21-22H,3-4,7,9,13-15,17H2,1-2H3,(H2,29,31)(H,30,34)/t21?,22-/m1/s1. The molecule has 36 heavy (non-hydrogen) atoms. The van der Waals surface area contributed by atoms with Gasteiger partial charge in [0.15, 0.2) is 5.96 Å². The van der Waals surface area contributed by atoms with Crippen LogP contribution in [0.4, 0.5) is 0 Å². The Balaban J connectivity index is 1.42. The second kappa shape index (κ2) is 9.84. The topological polar surface area (TPSA) is 106 Å². The Kier molecular flexibility index (Phi) is 6.60. The number of aliphatic imine (C=N–C) groups is 1. The van der Waals surface area contributed by atoms with E-state index in [0.717, 1.165) is 42.6 Å². The highest BCUT2D eigenvalue weighted by atomic mass is 16.5. The van der Waals surface area contributed by atoms with Gasteiger partial charge in [-0.25, -0.2) is 4.99 Å². The molecule has 1 unspecified atom stereocenters. The number of hydrogen-bond donors (Lipinski definition) is 2. The zero-order valence-electron chi connectivity index (χ0n) is 21.0. The maximum atomic E-state index is 13.4. The summed E-state index contributed by atoms with van der Waals surface area (Å²) in [5.74, 6) is 1.52. The number of carbonyl (C=O) groups is 2. The Hall–Kier alpha value is -3.55. The molecule has 2 atom stereocenters. The molecule has 5 rings (SSSR count). The molecule has 0 spiro atoms. The molecule has 0 bridgehead atoms. The highest BCUT2D eigenvalue weighted by Gasteiger charge is 2.41. The summed E-state index contributed by atoms with van der Waals surface area (Å²) in [5, 5.41) is 3.19. The van der Waals surface area contributed by atoms with Gasteiger partial charge in [-0.2, -0.15) is 0 Å². The van der Waals surface area contributed by atoms with Crippen LogP contribution in [0, 0.1) is 0 Å². The third-order valence-corrected chi connectivity index (χ3v) is 7.75. The molecule has 190 valence electrons. The van der Waals surface area contributed by atoms with Crippen LogP contribution in [-0.2, 0) is 4.79 Å². The Morgan fingerprint density at radius 1 is 1.08 bits per heavy atom. The number of rotatable bonds is 5. The van der Waals surface area contributed by atoms with Crippen LogP contribution in [0.3, 0.4) is 0 Å². The Morgan fingerprint density at radius 2 is 1.83 bits per heavy atom. The molecule has 0 saturated heterocycles. The maximum Gasteiger partial charge on any atom is 0.251 e. The third kappa shape index (κ3) is 4.40. The smallest absolute Gasteiger partial charge is 0.251 e. The van der Waals surface area contributed by atoms with E-state index in [9.17, 15) is 9.59 Å². The number of nitrogens with two attached hydrogens (primary N) is 1. The molecule has 3 aliphatic rings. The van der Waals surface area contributed by atoms with Crippen molar-refractivity contribution in [1.82, 2.24) is 10.2 Å². The summed E-state index contributed by atoms with van der Waals surface area (Å²) in [6, 6.07) is 12.8.